The normalized spacial score (nSPS) is 12.6. The molecular weight excluding hydrogens is 318 g/mol. The van der Waals surface area contributed by atoms with Gasteiger partial charge < -0.3 is 24.8 Å². The average molecular weight is 351 g/mol. The van der Waals surface area contributed by atoms with Gasteiger partial charge in [-0.1, -0.05) is 6.07 Å². The lowest BCUT2D eigenvalue weighted by Crippen LogP contribution is -2.38. The Bertz CT molecular complexity index is 495. The minimum Gasteiger partial charge on any atom is -0.497 e. The summed E-state index contributed by atoms with van der Waals surface area (Å²) in [6.45, 7) is 9.96. The van der Waals surface area contributed by atoms with Crippen LogP contribution >= 0.6 is 0 Å². The van der Waals surface area contributed by atoms with Crippen LogP contribution in [-0.2, 0) is 4.74 Å². The molecule has 0 fully saturated rings. The highest BCUT2D eigenvalue weighted by Gasteiger charge is 2.05. The number of benzene rings is 1. The monoisotopic (exact) mass is 351 g/mol. The zero-order valence-electron chi connectivity index (χ0n) is 16.0. The number of rotatable bonds is 12. The van der Waals surface area contributed by atoms with Gasteiger partial charge >= 0.3 is 0 Å². The molecule has 2 N–H and O–H groups in total. The van der Waals surface area contributed by atoms with Gasteiger partial charge in [-0.15, -0.1) is 0 Å². The Kier molecular flexibility index (Phi) is 11.3. The maximum absolute atomic E-state index is 5.90. The van der Waals surface area contributed by atoms with Crippen LogP contribution in [0.1, 0.15) is 33.6 Å². The third kappa shape index (κ3) is 9.82. The molecule has 1 rings (SSSR count). The fourth-order valence-electron chi connectivity index (χ4n) is 2.19. The van der Waals surface area contributed by atoms with Gasteiger partial charge in [0.2, 0.25) is 0 Å². The van der Waals surface area contributed by atoms with E-state index in [9.17, 15) is 0 Å². The van der Waals surface area contributed by atoms with Gasteiger partial charge in [0.05, 0.1) is 13.7 Å². The van der Waals surface area contributed by atoms with Crippen molar-refractivity contribution < 1.29 is 14.2 Å². The van der Waals surface area contributed by atoms with E-state index in [4.69, 9.17) is 14.2 Å². The molecule has 1 aromatic carbocycles. The molecular formula is C19H33N3O3. The molecule has 6 heteroatoms. The van der Waals surface area contributed by atoms with Gasteiger partial charge in [0, 0.05) is 32.4 Å². The number of guanidine groups is 1. The minimum absolute atomic E-state index is 0.0273. The van der Waals surface area contributed by atoms with Crippen molar-refractivity contribution in [2.75, 3.05) is 40.0 Å². The molecule has 0 radical (unpaired) electrons. The van der Waals surface area contributed by atoms with Crippen LogP contribution in [-0.4, -0.2) is 52.0 Å². The molecule has 142 valence electrons. The van der Waals surface area contributed by atoms with E-state index in [0.717, 1.165) is 56.6 Å². The molecule has 1 aromatic rings. The molecule has 6 nitrogen and oxygen atoms in total. The zero-order chi connectivity index (χ0) is 18.3. The third-order valence-corrected chi connectivity index (χ3v) is 3.44. The quantitative estimate of drug-likeness (QED) is 0.344. The number of methoxy groups -OCH3 is 1. The molecule has 0 spiro atoms. The lowest BCUT2D eigenvalue weighted by atomic mass is 10.3. The lowest BCUT2D eigenvalue weighted by Gasteiger charge is -2.15. The number of hydrogen-bond acceptors (Lipinski definition) is 4. The van der Waals surface area contributed by atoms with Crippen LogP contribution < -0.4 is 20.1 Å². The van der Waals surface area contributed by atoms with Gasteiger partial charge in [-0.2, -0.15) is 0 Å². The van der Waals surface area contributed by atoms with E-state index in [-0.39, 0.29) is 6.10 Å². The van der Waals surface area contributed by atoms with E-state index in [2.05, 4.69) is 22.5 Å². The van der Waals surface area contributed by atoms with Gasteiger partial charge in [0.15, 0.2) is 5.96 Å². The van der Waals surface area contributed by atoms with Gasteiger partial charge in [0.25, 0.3) is 0 Å². The van der Waals surface area contributed by atoms with Crippen LogP contribution in [0.15, 0.2) is 29.3 Å². The highest BCUT2D eigenvalue weighted by atomic mass is 16.5. The number of ether oxygens (including phenoxy) is 3. The minimum atomic E-state index is -0.0273. The highest BCUT2D eigenvalue weighted by molar-refractivity contribution is 5.79. The van der Waals surface area contributed by atoms with Crippen molar-refractivity contribution in [2.45, 2.75) is 39.7 Å². The average Bonchev–Trinajstić information content (AvgIpc) is 2.62. The summed E-state index contributed by atoms with van der Waals surface area (Å²) in [5, 5.41) is 6.60. The molecule has 0 amide bonds. The molecule has 0 bridgehead atoms. The van der Waals surface area contributed by atoms with Crippen LogP contribution in [0.2, 0.25) is 0 Å². The Morgan fingerprint density at radius 2 is 1.96 bits per heavy atom. The number of unbranched alkanes of at least 4 members (excludes halogenated alkanes) is 1. The SMILES string of the molecule is CCNC(=NCC(C)Oc1cccc(OC)c1)NCCCCOCC. The maximum Gasteiger partial charge on any atom is 0.191 e. The van der Waals surface area contributed by atoms with Gasteiger partial charge in [-0.25, -0.2) is 4.99 Å². The first-order valence-electron chi connectivity index (χ1n) is 9.10. The predicted octanol–water partition coefficient (Wildman–Crippen LogP) is 2.83. The van der Waals surface area contributed by atoms with E-state index >= 15 is 0 Å². The summed E-state index contributed by atoms with van der Waals surface area (Å²) in [7, 11) is 1.65. The second kappa shape index (κ2) is 13.4. The molecule has 1 atom stereocenters. The van der Waals surface area contributed by atoms with Crippen molar-refractivity contribution in [3.63, 3.8) is 0 Å². The second-order valence-corrected chi connectivity index (χ2v) is 5.66. The van der Waals surface area contributed by atoms with E-state index in [1.54, 1.807) is 7.11 Å². The summed E-state index contributed by atoms with van der Waals surface area (Å²) in [5.41, 5.74) is 0. The van der Waals surface area contributed by atoms with E-state index in [1.807, 2.05) is 38.1 Å². The summed E-state index contributed by atoms with van der Waals surface area (Å²) >= 11 is 0. The summed E-state index contributed by atoms with van der Waals surface area (Å²) in [6.07, 6.45) is 2.08. The van der Waals surface area contributed by atoms with Crippen LogP contribution in [0.5, 0.6) is 11.5 Å². The van der Waals surface area contributed by atoms with Gasteiger partial charge in [-0.05, 0) is 45.7 Å². The van der Waals surface area contributed by atoms with E-state index in [1.165, 1.54) is 0 Å². The fourth-order valence-corrected chi connectivity index (χ4v) is 2.19. The molecule has 0 aliphatic rings. The first-order chi connectivity index (χ1) is 12.2. The predicted molar refractivity (Wildman–Crippen MR) is 103 cm³/mol. The Hall–Kier alpha value is -1.95. The molecule has 0 saturated carbocycles. The van der Waals surface area contributed by atoms with Crippen molar-refractivity contribution in [1.29, 1.82) is 0 Å². The molecule has 0 aliphatic carbocycles. The van der Waals surface area contributed by atoms with Gasteiger partial charge in [-0.3, -0.25) is 0 Å². The zero-order valence-corrected chi connectivity index (χ0v) is 16.0. The molecule has 1 unspecified atom stereocenters. The molecule has 0 heterocycles. The van der Waals surface area contributed by atoms with Crippen molar-refractivity contribution >= 4 is 5.96 Å². The van der Waals surface area contributed by atoms with Crippen LogP contribution in [0, 0.1) is 0 Å². The summed E-state index contributed by atoms with van der Waals surface area (Å²) in [5.74, 6) is 2.39. The largest absolute Gasteiger partial charge is 0.497 e. The van der Waals surface area contributed by atoms with E-state index in [0.29, 0.717) is 6.54 Å². The van der Waals surface area contributed by atoms with Crippen LogP contribution in [0.25, 0.3) is 0 Å². The Morgan fingerprint density at radius 1 is 1.16 bits per heavy atom. The van der Waals surface area contributed by atoms with Crippen molar-refractivity contribution in [1.82, 2.24) is 10.6 Å². The first-order valence-corrected chi connectivity index (χ1v) is 9.10. The van der Waals surface area contributed by atoms with Crippen molar-refractivity contribution in [2.24, 2.45) is 4.99 Å². The van der Waals surface area contributed by atoms with Gasteiger partial charge in [0.1, 0.15) is 17.6 Å². The fraction of sp³-hybridized carbons (Fsp3) is 0.632. The van der Waals surface area contributed by atoms with Crippen LogP contribution in [0.4, 0.5) is 0 Å². The smallest absolute Gasteiger partial charge is 0.191 e. The maximum atomic E-state index is 5.90. The molecule has 25 heavy (non-hydrogen) atoms. The topological polar surface area (TPSA) is 64.1 Å². The Labute approximate surface area is 152 Å². The highest BCUT2D eigenvalue weighted by Crippen LogP contribution is 2.19. The summed E-state index contributed by atoms with van der Waals surface area (Å²) < 4.78 is 16.4. The van der Waals surface area contributed by atoms with Crippen molar-refractivity contribution in [3.8, 4) is 11.5 Å². The van der Waals surface area contributed by atoms with Crippen LogP contribution in [0.3, 0.4) is 0 Å². The summed E-state index contributed by atoms with van der Waals surface area (Å²) in [4.78, 5) is 4.59. The number of nitrogens with zero attached hydrogens (tertiary/aromatic N) is 1. The number of nitrogens with one attached hydrogen (secondary N) is 2. The number of aliphatic imine (C=N–C) groups is 1. The second-order valence-electron chi connectivity index (χ2n) is 5.66. The van der Waals surface area contributed by atoms with E-state index < -0.39 is 0 Å². The third-order valence-electron chi connectivity index (χ3n) is 3.44. The molecule has 0 saturated heterocycles. The Morgan fingerprint density at radius 3 is 2.68 bits per heavy atom. The standard InChI is InChI=1S/C19H33N3O3/c1-5-20-19(21-12-7-8-13-24-6-2)22-15-16(3)25-18-11-9-10-17(14-18)23-4/h9-11,14,16H,5-8,12-13,15H2,1-4H3,(H2,20,21,22). The Balaban J connectivity index is 2.38. The summed E-state index contributed by atoms with van der Waals surface area (Å²) in [6, 6.07) is 7.61. The number of hydrogen-bond donors (Lipinski definition) is 2. The lowest BCUT2D eigenvalue weighted by molar-refractivity contribution is 0.143. The molecule has 0 aliphatic heterocycles. The van der Waals surface area contributed by atoms with Crippen molar-refractivity contribution in [3.05, 3.63) is 24.3 Å². The molecule has 0 aromatic heterocycles. The first kappa shape index (κ1) is 21.1.